The van der Waals surface area contributed by atoms with Crippen LogP contribution in [0.25, 0.3) is 11.2 Å². The Hall–Kier alpha value is -2.62. The maximum absolute atomic E-state index is 12.9. The fourth-order valence-corrected chi connectivity index (χ4v) is 4.28. The van der Waals surface area contributed by atoms with Crippen molar-refractivity contribution in [2.24, 2.45) is 7.05 Å². The first-order valence-electron chi connectivity index (χ1n) is 9.94. The van der Waals surface area contributed by atoms with Gasteiger partial charge in [-0.25, -0.2) is 9.78 Å². The predicted molar refractivity (Wildman–Crippen MR) is 112 cm³/mol. The molecule has 30 heavy (non-hydrogen) atoms. The van der Waals surface area contributed by atoms with E-state index in [2.05, 4.69) is 15.3 Å². The summed E-state index contributed by atoms with van der Waals surface area (Å²) in [5.74, 6) is 1.16. The molecule has 2 aromatic heterocycles. The van der Waals surface area contributed by atoms with E-state index in [9.17, 15) is 9.90 Å². The predicted octanol–water partition coefficient (Wildman–Crippen LogP) is 2.17. The Bertz CT molecular complexity index is 1170. The summed E-state index contributed by atoms with van der Waals surface area (Å²) in [6.45, 7) is 0.988. The van der Waals surface area contributed by atoms with Crippen LogP contribution in [0, 0.1) is 0 Å². The second-order valence-corrected chi connectivity index (χ2v) is 8.05. The van der Waals surface area contributed by atoms with E-state index >= 15 is 0 Å². The van der Waals surface area contributed by atoms with Crippen LogP contribution >= 0.6 is 11.6 Å². The molecule has 2 aliphatic rings. The number of aryl methyl sites for hydroxylation is 1. The van der Waals surface area contributed by atoms with E-state index in [1.165, 1.54) is 4.57 Å². The number of aliphatic hydroxyl groups is 1. The molecule has 9 nitrogen and oxygen atoms in total. The molecule has 158 valence electrons. The molecule has 2 N–H and O–H groups in total. The average Bonchev–Trinajstić information content (AvgIpc) is 3.30. The highest BCUT2D eigenvalue weighted by Crippen LogP contribution is 2.35. The fraction of sp³-hybridized carbons (Fsp3) is 0.450. The number of rotatable bonds is 4. The molecular weight excluding hydrogens is 410 g/mol. The summed E-state index contributed by atoms with van der Waals surface area (Å²) < 4.78 is 14.4. The summed E-state index contributed by atoms with van der Waals surface area (Å²) in [6.07, 6.45) is 3.70. The standard InChI is InChI=1S/C20H22ClN5O4/c1-25-16-8-22-19(23-15-6-11-4-5-29-17(11)7-14(15)21)24-18(16)26(20(25)28)12-2-3-13(9-27)30-10-12/h6-8,12-13,27H,2-5,9-10H2,1H3,(H,22,23,24). The smallest absolute Gasteiger partial charge is 0.330 e. The molecule has 0 amide bonds. The lowest BCUT2D eigenvalue weighted by molar-refractivity contribution is -0.0389. The van der Waals surface area contributed by atoms with Crippen LogP contribution in [-0.4, -0.2) is 50.1 Å². The first kappa shape index (κ1) is 19.3. The van der Waals surface area contributed by atoms with E-state index in [1.54, 1.807) is 23.9 Å². The lowest BCUT2D eigenvalue weighted by Gasteiger charge is -2.28. The summed E-state index contributed by atoms with van der Waals surface area (Å²) in [6, 6.07) is 3.59. The third-order valence-corrected chi connectivity index (χ3v) is 6.09. The Morgan fingerprint density at radius 3 is 3.00 bits per heavy atom. The van der Waals surface area contributed by atoms with Gasteiger partial charge in [0.05, 0.1) is 48.9 Å². The summed E-state index contributed by atoms with van der Waals surface area (Å²) in [5.41, 5.74) is 2.79. The number of imidazole rings is 1. The van der Waals surface area contributed by atoms with Gasteiger partial charge in [0.2, 0.25) is 5.95 Å². The highest BCUT2D eigenvalue weighted by Gasteiger charge is 2.27. The van der Waals surface area contributed by atoms with Crippen molar-refractivity contribution < 1.29 is 14.6 Å². The van der Waals surface area contributed by atoms with Crippen LogP contribution in [0.15, 0.2) is 23.1 Å². The molecule has 2 unspecified atom stereocenters. The Kier molecular flexibility index (Phi) is 4.88. The highest BCUT2D eigenvalue weighted by atomic mass is 35.5. The van der Waals surface area contributed by atoms with Crippen LogP contribution in [0.3, 0.4) is 0 Å². The summed E-state index contributed by atoms with van der Waals surface area (Å²) in [4.78, 5) is 21.9. The normalized spacial score (nSPS) is 20.9. The Morgan fingerprint density at radius 1 is 1.37 bits per heavy atom. The first-order valence-corrected chi connectivity index (χ1v) is 10.3. The minimum atomic E-state index is -0.176. The molecular formula is C20H22ClN5O4. The number of hydrogen-bond acceptors (Lipinski definition) is 7. The van der Waals surface area contributed by atoms with Gasteiger partial charge in [0, 0.05) is 19.5 Å². The number of nitrogens with zero attached hydrogens (tertiary/aromatic N) is 4. The summed E-state index contributed by atoms with van der Waals surface area (Å²) in [5, 5.41) is 13.0. The Morgan fingerprint density at radius 2 is 2.23 bits per heavy atom. The number of aromatic nitrogens is 4. The zero-order chi connectivity index (χ0) is 20.8. The molecule has 0 bridgehead atoms. The van der Waals surface area contributed by atoms with Crippen molar-refractivity contribution >= 4 is 34.4 Å². The van der Waals surface area contributed by atoms with Gasteiger partial charge in [0.1, 0.15) is 11.3 Å². The van der Waals surface area contributed by atoms with Gasteiger partial charge in [0.25, 0.3) is 0 Å². The number of fused-ring (bicyclic) bond motifs is 2. The monoisotopic (exact) mass is 431 g/mol. The van der Waals surface area contributed by atoms with Gasteiger partial charge in [-0.05, 0) is 24.5 Å². The van der Waals surface area contributed by atoms with Gasteiger partial charge in [-0.3, -0.25) is 9.13 Å². The molecule has 2 aliphatic heterocycles. The molecule has 0 aliphatic carbocycles. The third-order valence-electron chi connectivity index (χ3n) is 5.77. The van der Waals surface area contributed by atoms with Crippen LogP contribution in [-0.2, 0) is 18.2 Å². The van der Waals surface area contributed by atoms with Gasteiger partial charge in [-0.1, -0.05) is 11.6 Å². The van der Waals surface area contributed by atoms with E-state index in [0.717, 1.165) is 24.2 Å². The van der Waals surface area contributed by atoms with Crippen molar-refractivity contribution in [1.82, 2.24) is 19.1 Å². The number of halogens is 1. The lowest BCUT2D eigenvalue weighted by Crippen LogP contribution is -2.35. The first-order chi connectivity index (χ1) is 14.5. The molecule has 2 atom stereocenters. The van der Waals surface area contributed by atoms with E-state index in [0.29, 0.717) is 47.5 Å². The van der Waals surface area contributed by atoms with Crippen molar-refractivity contribution in [3.8, 4) is 5.75 Å². The number of ether oxygens (including phenoxy) is 2. The molecule has 10 heteroatoms. The van der Waals surface area contributed by atoms with Crippen LogP contribution in [0.2, 0.25) is 5.02 Å². The number of nitrogens with one attached hydrogen (secondary N) is 1. The molecule has 1 fully saturated rings. The molecule has 1 saturated heterocycles. The van der Waals surface area contributed by atoms with E-state index in [4.69, 9.17) is 21.1 Å². The van der Waals surface area contributed by atoms with Crippen LogP contribution in [0.1, 0.15) is 24.4 Å². The van der Waals surface area contributed by atoms with Gasteiger partial charge in [-0.2, -0.15) is 4.98 Å². The van der Waals surface area contributed by atoms with Crippen molar-refractivity contribution in [3.63, 3.8) is 0 Å². The quantitative estimate of drug-likeness (QED) is 0.652. The van der Waals surface area contributed by atoms with Gasteiger partial charge in [0.15, 0.2) is 5.65 Å². The number of benzene rings is 1. The minimum absolute atomic E-state index is 0.0139. The zero-order valence-corrected chi connectivity index (χ0v) is 17.2. The number of anilines is 2. The van der Waals surface area contributed by atoms with E-state index in [1.807, 2.05) is 6.07 Å². The highest BCUT2D eigenvalue weighted by molar-refractivity contribution is 6.33. The molecule has 0 radical (unpaired) electrons. The van der Waals surface area contributed by atoms with Crippen molar-refractivity contribution in [1.29, 1.82) is 0 Å². The largest absolute Gasteiger partial charge is 0.493 e. The van der Waals surface area contributed by atoms with Gasteiger partial charge < -0.3 is 19.9 Å². The van der Waals surface area contributed by atoms with Crippen molar-refractivity contribution in [3.05, 3.63) is 39.4 Å². The van der Waals surface area contributed by atoms with Crippen LogP contribution in [0.5, 0.6) is 5.75 Å². The fourth-order valence-electron chi connectivity index (χ4n) is 4.08. The van der Waals surface area contributed by atoms with Gasteiger partial charge >= 0.3 is 5.69 Å². The SMILES string of the molecule is Cn1c(=O)n(C2CCC(CO)OC2)c2nc(Nc3cc4c(cc3Cl)OCC4)ncc21. The Balaban J connectivity index is 1.51. The van der Waals surface area contributed by atoms with E-state index in [-0.39, 0.29) is 24.4 Å². The molecule has 1 aromatic carbocycles. The molecule has 3 aromatic rings. The molecule has 4 heterocycles. The third kappa shape index (κ3) is 3.23. The van der Waals surface area contributed by atoms with Crippen LogP contribution in [0.4, 0.5) is 11.6 Å². The minimum Gasteiger partial charge on any atom is -0.493 e. The molecule has 0 saturated carbocycles. The zero-order valence-electron chi connectivity index (χ0n) is 16.5. The molecule has 5 rings (SSSR count). The van der Waals surface area contributed by atoms with Gasteiger partial charge in [-0.15, -0.1) is 0 Å². The lowest BCUT2D eigenvalue weighted by atomic mass is 10.1. The second kappa shape index (κ2) is 7.57. The summed E-state index contributed by atoms with van der Waals surface area (Å²) >= 11 is 6.39. The number of aliphatic hydroxyl groups excluding tert-OH is 1. The van der Waals surface area contributed by atoms with Crippen molar-refractivity contribution in [2.75, 3.05) is 25.1 Å². The maximum atomic E-state index is 12.9. The van der Waals surface area contributed by atoms with E-state index < -0.39 is 0 Å². The maximum Gasteiger partial charge on any atom is 0.330 e. The molecule has 0 spiro atoms. The Labute approximate surface area is 177 Å². The topological polar surface area (TPSA) is 103 Å². The van der Waals surface area contributed by atoms with Crippen LogP contribution < -0.4 is 15.7 Å². The second-order valence-electron chi connectivity index (χ2n) is 7.65. The number of hydrogen-bond donors (Lipinski definition) is 2. The van der Waals surface area contributed by atoms with Crippen molar-refractivity contribution in [2.45, 2.75) is 31.4 Å². The summed E-state index contributed by atoms with van der Waals surface area (Å²) in [7, 11) is 1.70. The average molecular weight is 432 g/mol.